The first kappa shape index (κ1) is 19.0. The van der Waals surface area contributed by atoms with Crippen LogP contribution in [0.1, 0.15) is 28.2 Å². The largest absolute Gasteiger partial charge is 0.301 e. The van der Waals surface area contributed by atoms with E-state index in [1.165, 1.54) is 12.1 Å². The molecule has 30 heavy (non-hydrogen) atoms. The predicted octanol–water partition coefficient (Wildman–Crippen LogP) is 5.22. The average molecular weight is 400 g/mol. The summed E-state index contributed by atoms with van der Waals surface area (Å²) in [7, 11) is 0. The van der Waals surface area contributed by atoms with Crippen LogP contribution in [-0.4, -0.2) is 16.1 Å². The monoisotopic (exact) mass is 400 g/mol. The first-order chi connectivity index (χ1) is 14.5. The van der Waals surface area contributed by atoms with Crippen molar-refractivity contribution in [3.8, 4) is 0 Å². The Morgan fingerprint density at radius 3 is 2.00 bits per heavy atom. The smallest absolute Gasteiger partial charge is 0.272 e. The first-order valence-corrected chi connectivity index (χ1v) is 9.12. The van der Waals surface area contributed by atoms with E-state index >= 15 is 0 Å². The van der Waals surface area contributed by atoms with Crippen molar-refractivity contribution >= 4 is 35.4 Å². The molecular weight excluding hydrogens is 384 g/mol. The number of benzene rings is 3. The van der Waals surface area contributed by atoms with E-state index in [1.54, 1.807) is 6.21 Å². The van der Waals surface area contributed by atoms with E-state index in [-0.39, 0.29) is 17.3 Å². The lowest BCUT2D eigenvalue weighted by Gasteiger charge is -2.16. The molecule has 0 unspecified atom stereocenters. The van der Waals surface area contributed by atoms with Crippen molar-refractivity contribution in [1.82, 2.24) is 0 Å². The van der Waals surface area contributed by atoms with Gasteiger partial charge >= 0.3 is 5.69 Å². The molecule has 0 atom stereocenters. The van der Waals surface area contributed by atoms with Crippen LogP contribution in [0.2, 0.25) is 0 Å². The minimum absolute atomic E-state index is 0.0789. The molecule has 8 heteroatoms. The highest BCUT2D eigenvalue weighted by Crippen LogP contribution is 2.34. The molecule has 1 aliphatic rings. The van der Waals surface area contributed by atoms with Gasteiger partial charge in [-0.3, -0.25) is 25.7 Å². The summed E-state index contributed by atoms with van der Waals surface area (Å²) in [4.78, 5) is 20.9. The number of hydrazone groups is 1. The summed E-state index contributed by atoms with van der Waals surface area (Å²) in [6.45, 7) is 0. The van der Waals surface area contributed by atoms with Crippen molar-refractivity contribution in [2.24, 2.45) is 5.10 Å². The lowest BCUT2D eigenvalue weighted by Crippen LogP contribution is -2.07. The van der Waals surface area contributed by atoms with Crippen LogP contribution < -0.4 is 5.43 Å². The van der Waals surface area contributed by atoms with E-state index in [1.807, 2.05) is 48.5 Å². The lowest BCUT2D eigenvalue weighted by molar-refractivity contribution is -0.393. The fraction of sp³-hybridized carbons (Fsp3) is 0.0455. The third kappa shape index (κ3) is 3.66. The third-order valence-corrected chi connectivity index (χ3v) is 4.90. The number of nitro benzene ring substituents is 2. The molecule has 8 nitrogen and oxygen atoms in total. The Morgan fingerprint density at radius 1 is 0.833 bits per heavy atom. The molecule has 0 saturated heterocycles. The van der Waals surface area contributed by atoms with Crippen molar-refractivity contribution < 1.29 is 9.85 Å². The van der Waals surface area contributed by atoms with Gasteiger partial charge in [0.2, 0.25) is 0 Å². The van der Waals surface area contributed by atoms with Crippen molar-refractivity contribution in [2.45, 2.75) is 5.92 Å². The SMILES string of the molecule is O=[N+]([O-])c1ccc(NN=CC2c3ccccc3C=Cc3ccccc32)c([N+](=O)[O-])c1. The Kier molecular flexibility index (Phi) is 5.04. The molecule has 0 spiro atoms. The van der Waals surface area contributed by atoms with Gasteiger partial charge in [-0.1, -0.05) is 60.7 Å². The maximum absolute atomic E-state index is 11.3. The predicted molar refractivity (Wildman–Crippen MR) is 116 cm³/mol. The van der Waals surface area contributed by atoms with Crippen LogP contribution in [0, 0.1) is 20.2 Å². The fourth-order valence-electron chi connectivity index (χ4n) is 3.46. The second-order valence-corrected chi connectivity index (χ2v) is 6.67. The number of nitro groups is 2. The Labute approximate surface area is 171 Å². The van der Waals surface area contributed by atoms with Crippen LogP contribution >= 0.6 is 0 Å². The molecule has 3 aromatic carbocycles. The normalized spacial score (nSPS) is 12.8. The van der Waals surface area contributed by atoms with E-state index < -0.39 is 15.5 Å². The molecule has 0 heterocycles. The zero-order chi connectivity index (χ0) is 21.1. The fourth-order valence-corrected chi connectivity index (χ4v) is 3.46. The number of hydrogen-bond donors (Lipinski definition) is 1. The Balaban J connectivity index is 1.69. The van der Waals surface area contributed by atoms with Gasteiger partial charge in [-0.2, -0.15) is 5.10 Å². The maximum atomic E-state index is 11.3. The number of fused-ring (bicyclic) bond motifs is 2. The third-order valence-electron chi connectivity index (χ3n) is 4.90. The van der Waals surface area contributed by atoms with Gasteiger partial charge in [0.05, 0.1) is 15.9 Å². The van der Waals surface area contributed by atoms with Crippen LogP contribution in [0.3, 0.4) is 0 Å². The van der Waals surface area contributed by atoms with Gasteiger partial charge in [0.25, 0.3) is 5.69 Å². The summed E-state index contributed by atoms with van der Waals surface area (Å²) in [5, 5.41) is 26.5. The van der Waals surface area contributed by atoms with Crippen LogP contribution in [0.25, 0.3) is 12.2 Å². The van der Waals surface area contributed by atoms with Gasteiger partial charge in [0.1, 0.15) is 5.69 Å². The molecule has 148 valence electrons. The van der Waals surface area contributed by atoms with Crippen molar-refractivity contribution in [1.29, 1.82) is 0 Å². The summed E-state index contributed by atoms with van der Waals surface area (Å²) in [5.74, 6) is -0.169. The van der Waals surface area contributed by atoms with Crippen LogP contribution in [0.5, 0.6) is 0 Å². The molecule has 0 amide bonds. The van der Waals surface area contributed by atoms with Crippen LogP contribution in [0.15, 0.2) is 71.8 Å². The number of rotatable bonds is 5. The molecule has 4 rings (SSSR count). The minimum Gasteiger partial charge on any atom is -0.272 e. The maximum Gasteiger partial charge on any atom is 0.301 e. The zero-order valence-electron chi connectivity index (χ0n) is 15.6. The molecule has 0 fully saturated rings. The summed E-state index contributed by atoms with van der Waals surface area (Å²) >= 11 is 0. The number of nitrogens with zero attached hydrogens (tertiary/aromatic N) is 3. The molecule has 1 N–H and O–H groups in total. The van der Waals surface area contributed by atoms with Gasteiger partial charge < -0.3 is 0 Å². The van der Waals surface area contributed by atoms with Crippen LogP contribution in [-0.2, 0) is 0 Å². The van der Waals surface area contributed by atoms with Crippen molar-refractivity contribution in [2.75, 3.05) is 5.43 Å². The second kappa shape index (κ2) is 7.96. The first-order valence-electron chi connectivity index (χ1n) is 9.12. The zero-order valence-corrected chi connectivity index (χ0v) is 15.6. The molecule has 0 bridgehead atoms. The number of hydrogen-bond acceptors (Lipinski definition) is 6. The molecule has 0 aliphatic heterocycles. The molecule has 0 aromatic heterocycles. The molecule has 1 aliphatic carbocycles. The van der Waals surface area contributed by atoms with Crippen molar-refractivity contribution in [3.05, 3.63) is 109 Å². The Bertz CT molecular complexity index is 1150. The van der Waals surface area contributed by atoms with Gasteiger partial charge in [-0.15, -0.1) is 0 Å². The summed E-state index contributed by atoms with van der Waals surface area (Å²) in [6.07, 6.45) is 5.79. The molecule has 0 saturated carbocycles. The topological polar surface area (TPSA) is 111 Å². The van der Waals surface area contributed by atoms with E-state index in [0.29, 0.717) is 0 Å². The van der Waals surface area contributed by atoms with Gasteiger partial charge in [-0.25, -0.2) is 0 Å². The van der Waals surface area contributed by atoms with Gasteiger partial charge in [-0.05, 0) is 28.3 Å². The highest BCUT2D eigenvalue weighted by atomic mass is 16.6. The average Bonchev–Trinajstić information content (AvgIpc) is 2.91. The van der Waals surface area contributed by atoms with E-state index in [9.17, 15) is 20.2 Å². The molecule has 0 radical (unpaired) electrons. The highest BCUT2D eigenvalue weighted by Gasteiger charge is 2.21. The summed E-state index contributed by atoms with van der Waals surface area (Å²) in [6, 6.07) is 19.3. The van der Waals surface area contributed by atoms with E-state index in [0.717, 1.165) is 28.3 Å². The standard InChI is InChI=1S/C22H16N4O4/c27-25(28)17-11-12-21(22(13-17)26(29)30)24-23-14-20-18-7-3-1-5-15(18)9-10-16-6-2-4-8-19(16)20/h1-14,20,24H. The van der Waals surface area contributed by atoms with Crippen molar-refractivity contribution in [3.63, 3.8) is 0 Å². The van der Waals surface area contributed by atoms with Gasteiger partial charge in [0, 0.05) is 18.2 Å². The second-order valence-electron chi connectivity index (χ2n) is 6.67. The van der Waals surface area contributed by atoms with E-state index in [2.05, 4.69) is 22.7 Å². The highest BCUT2D eigenvalue weighted by molar-refractivity contribution is 5.85. The Morgan fingerprint density at radius 2 is 1.43 bits per heavy atom. The minimum atomic E-state index is -0.676. The van der Waals surface area contributed by atoms with E-state index in [4.69, 9.17) is 0 Å². The number of non-ortho nitro benzene ring substituents is 1. The quantitative estimate of drug-likeness (QED) is 0.359. The summed E-state index contributed by atoms with van der Waals surface area (Å²) in [5.41, 5.74) is 6.23. The summed E-state index contributed by atoms with van der Waals surface area (Å²) < 4.78 is 0. The number of nitrogens with one attached hydrogen (secondary N) is 1. The molecular formula is C22H16N4O4. The number of anilines is 1. The Hall–Kier alpha value is -4.33. The van der Waals surface area contributed by atoms with Gasteiger partial charge in [0.15, 0.2) is 0 Å². The van der Waals surface area contributed by atoms with Crippen LogP contribution in [0.4, 0.5) is 17.1 Å². The lowest BCUT2D eigenvalue weighted by atomic mass is 9.89. The molecule has 3 aromatic rings.